The van der Waals surface area contributed by atoms with Crippen LogP contribution in [-0.2, 0) is 25.8 Å². The van der Waals surface area contributed by atoms with Gasteiger partial charge in [0, 0.05) is 25.8 Å². The van der Waals surface area contributed by atoms with Crippen molar-refractivity contribution in [2.75, 3.05) is 0 Å². The molecule has 0 bridgehead atoms. The van der Waals surface area contributed by atoms with Gasteiger partial charge in [0.1, 0.15) is 0 Å². The summed E-state index contributed by atoms with van der Waals surface area (Å²) in [4.78, 5) is 4.41. The summed E-state index contributed by atoms with van der Waals surface area (Å²) in [6, 6.07) is 8.24. The van der Waals surface area contributed by atoms with Crippen LogP contribution in [0, 0.1) is 13.8 Å². The SMILES string of the molecule is Cc1c2ccccc2n[c-]1C.Cl.Cl.[Hf]. The van der Waals surface area contributed by atoms with Gasteiger partial charge in [-0.05, 0) is 0 Å². The minimum Gasteiger partial charge on any atom is -0.391 e. The van der Waals surface area contributed by atoms with Crippen LogP contribution in [0.4, 0.5) is 0 Å². The van der Waals surface area contributed by atoms with Crippen molar-refractivity contribution in [3.8, 4) is 0 Å². The molecule has 2 aromatic rings. The predicted octanol–water partition coefficient (Wildman–Crippen LogP) is 3.41. The van der Waals surface area contributed by atoms with Crippen LogP contribution in [-0.4, -0.2) is 4.98 Å². The van der Waals surface area contributed by atoms with Crippen molar-refractivity contribution in [3.05, 3.63) is 35.5 Å². The molecule has 2 rings (SSSR count). The monoisotopic (exact) mass is 396 g/mol. The molecule has 1 heterocycles. The smallest absolute Gasteiger partial charge is 0 e. The Morgan fingerprint density at radius 1 is 1.14 bits per heavy atom. The molecule has 1 aromatic carbocycles. The number of para-hydroxylation sites is 1. The number of aromatic nitrogens is 1. The third-order valence-corrected chi connectivity index (χ3v) is 2.14. The van der Waals surface area contributed by atoms with Crippen LogP contribution in [0.3, 0.4) is 0 Å². The molecule has 1 aromatic heterocycles. The van der Waals surface area contributed by atoms with Gasteiger partial charge in [-0.25, -0.2) is 0 Å². The summed E-state index contributed by atoms with van der Waals surface area (Å²) in [6.07, 6.45) is 0. The molecule has 76 valence electrons. The van der Waals surface area contributed by atoms with E-state index in [2.05, 4.69) is 37.0 Å². The Kier molecular flexibility index (Phi) is 7.90. The van der Waals surface area contributed by atoms with Crippen LogP contribution in [0.2, 0.25) is 0 Å². The van der Waals surface area contributed by atoms with Gasteiger partial charge in [-0.1, -0.05) is 37.2 Å². The van der Waals surface area contributed by atoms with Crippen molar-refractivity contribution < 1.29 is 25.8 Å². The molecule has 0 aliphatic rings. The molecule has 4 heteroatoms. The minimum absolute atomic E-state index is 0. The van der Waals surface area contributed by atoms with E-state index < -0.39 is 0 Å². The van der Waals surface area contributed by atoms with Gasteiger partial charge in [-0.3, -0.25) is 0 Å². The van der Waals surface area contributed by atoms with E-state index in [-0.39, 0.29) is 50.7 Å². The molecule has 1 nitrogen and oxygen atoms in total. The second kappa shape index (κ2) is 6.65. The number of benzene rings is 1. The Labute approximate surface area is 115 Å². The van der Waals surface area contributed by atoms with Gasteiger partial charge in [0.15, 0.2) is 0 Å². The fraction of sp³-hybridized carbons (Fsp3) is 0.200. The Morgan fingerprint density at radius 3 is 2.29 bits per heavy atom. The first-order valence-corrected chi connectivity index (χ1v) is 3.77. The molecule has 0 fully saturated rings. The summed E-state index contributed by atoms with van der Waals surface area (Å²) in [6.45, 7) is 4.17. The number of hydrogen-bond acceptors (Lipinski definition) is 1. The predicted molar refractivity (Wildman–Crippen MR) is 61.3 cm³/mol. The molecule has 0 atom stereocenters. The maximum absolute atomic E-state index is 4.41. The van der Waals surface area contributed by atoms with Crippen molar-refractivity contribution in [2.45, 2.75) is 13.8 Å². The van der Waals surface area contributed by atoms with E-state index in [9.17, 15) is 0 Å². The summed E-state index contributed by atoms with van der Waals surface area (Å²) in [5.41, 5.74) is 3.56. The summed E-state index contributed by atoms with van der Waals surface area (Å²) < 4.78 is 0. The van der Waals surface area contributed by atoms with Crippen molar-refractivity contribution in [1.82, 2.24) is 4.98 Å². The Hall–Kier alpha value is 0.210. The largest absolute Gasteiger partial charge is 0.391 e. The van der Waals surface area contributed by atoms with Gasteiger partial charge in [-0.15, -0.1) is 47.9 Å². The van der Waals surface area contributed by atoms with Gasteiger partial charge in [0.25, 0.3) is 0 Å². The minimum atomic E-state index is 0. The molecule has 0 saturated carbocycles. The summed E-state index contributed by atoms with van der Waals surface area (Å²) in [5.74, 6) is 0. The normalized spacial score (nSPS) is 8.43. The zero-order valence-electron chi connectivity index (χ0n) is 8.07. The molecule has 0 aliphatic heterocycles. The third-order valence-electron chi connectivity index (χ3n) is 2.14. The number of hydrogen-bond donors (Lipinski definition) is 0. The molecular formula is C10H12Cl2HfN-. The summed E-state index contributed by atoms with van der Waals surface area (Å²) in [7, 11) is 0. The first kappa shape index (κ1) is 16.6. The molecule has 0 aliphatic carbocycles. The number of rotatable bonds is 0. The van der Waals surface area contributed by atoms with Crippen LogP contribution in [0.1, 0.15) is 11.3 Å². The van der Waals surface area contributed by atoms with Crippen LogP contribution >= 0.6 is 24.8 Å². The van der Waals surface area contributed by atoms with E-state index in [0.29, 0.717) is 0 Å². The molecule has 0 radical (unpaired) electrons. The first-order valence-electron chi connectivity index (χ1n) is 3.77. The second-order valence-electron chi connectivity index (χ2n) is 2.84. The van der Waals surface area contributed by atoms with Crippen LogP contribution in [0.5, 0.6) is 0 Å². The van der Waals surface area contributed by atoms with E-state index >= 15 is 0 Å². The molecule has 14 heavy (non-hydrogen) atoms. The molecule has 0 saturated heterocycles. The van der Waals surface area contributed by atoms with Gasteiger partial charge in [0.05, 0.1) is 0 Å². The Balaban J connectivity index is 0. The van der Waals surface area contributed by atoms with Crippen LogP contribution < -0.4 is 0 Å². The molecule has 0 unspecified atom stereocenters. The fourth-order valence-electron chi connectivity index (χ4n) is 1.35. The van der Waals surface area contributed by atoms with Gasteiger partial charge in [0.2, 0.25) is 0 Å². The summed E-state index contributed by atoms with van der Waals surface area (Å²) >= 11 is 0. The van der Waals surface area contributed by atoms with Crippen LogP contribution in [0.25, 0.3) is 10.9 Å². The second-order valence-corrected chi connectivity index (χ2v) is 2.84. The average molecular weight is 396 g/mol. The van der Waals surface area contributed by atoms with Gasteiger partial charge < -0.3 is 4.98 Å². The maximum Gasteiger partial charge on any atom is 0 e. The number of aryl methyl sites for hydroxylation is 2. The van der Waals surface area contributed by atoms with E-state index in [4.69, 9.17) is 0 Å². The number of nitrogens with zero attached hydrogens (tertiary/aromatic N) is 1. The van der Waals surface area contributed by atoms with Crippen molar-refractivity contribution in [3.63, 3.8) is 0 Å². The summed E-state index contributed by atoms with van der Waals surface area (Å²) in [5, 5.41) is 1.28. The van der Waals surface area contributed by atoms with Gasteiger partial charge >= 0.3 is 0 Å². The first-order chi connectivity index (χ1) is 5.29. The average Bonchev–Trinajstić information content (AvgIpc) is 2.30. The molecule has 0 N–H and O–H groups in total. The molecule has 0 amide bonds. The Morgan fingerprint density at radius 2 is 1.71 bits per heavy atom. The number of halogens is 2. The Bertz CT molecular complexity index is 398. The quantitative estimate of drug-likeness (QED) is 0.492. The van der Waals surface area contributed by atoms with E-state index in [1.165, 1.54) is 10.9 Å². The topological polar surface area (TPSA) is 12.9 Å². The van der Waals surface area contributed by atoms with Crippen molar-refractivity contribution >= 4 is 35.7 Å². The number of fused-ring (bicyclic) bond motifs is 1. The van der Waals surface area contributed by atoms with Crippen molar-refractivity contribution in [2.24, 2.45) is 0 Å². The third kappa shape index (κ3) is 2.85. The van der Waals surface area contributed by atoms with E-state index in [1.54, 1.807) is 0 Å². The van der Waals surface area contributed by atoms with E-state index in [0.717, 1.165) is 11.2 Å². The van der Waals surface area contributed by atoms with E-state index in [1.807, 2.05) is 6.07 Å². The maximum atomic E-state index is 4.41. The van der Waals surface area contributed by atoms with Gasteiger partial charge in [-0.2, -0.15) is 0 Å². The fourth-order valence-corrected chi connectivity index (χ4v) is 1.35. The standard InChI is InChI=1S/C10H10N.2ClH.Hf/c1-7-8(2)11-10-6-4-3-5-9(7)10;;;/h3-6H,1-2H3;2*1H;/q-1;;;. The zero-order valence-corrected chi connectivity index (χ0v) is 13.3. The molecule has 0 spiro atoms. The van der Waals surface area contributed by atoms with Crippen molar-refractivity contribution in [1.29, 1.82) is 0 Å². The zero-order chi connectivity index (χ0) is 7.84. The van der Waals surface area contributed by atoms with Crippen LogP contribution in [0.15, 0.2) is 24.3 Å². The molecular weight excluding hydrogens is 384 g/mol.